The molecule has 38 heavy (non-hydrogen) atoms. The van der Waals surface area contributed by atoms with Crippen LogP contribution in [-0.4, -0.2) is 65.8 Å². The molecule has 1 aliphatic heterocycles. The summed E-state index contributed by atoms with van der Waals surface area (Å²) in [7, 11) is -4.36. The number of aliphatic hydroxyl groups excluding tert-OH is 1. The van der Waals surface area contributed by atoms with E-state index in [0.717, 1.165) is 51.0 Å². The number of aliphatic hydroxyl groups is 1. The molecule has 3 N–H and O–H groups in total. The second-order valence-electron chi connectivity index (χ2n) is 8.90. The average molecular weight is 550 g/mol. The highest BCUT2D eigenvalue weighted by molar-refractivity contribution is 7.89. The molecule has 4 aromatic rings. The van der Waals surface area contributed by atoms with E-state index in [4.69, 9.17) is 0 Å². The normalized spacial score (nSPS) is 20.6. The number of rotatable bonds is 5. The fraction of sp³-hybridized carbons (Fsp3) is 0.240. The van der Waals surface area contributed by atoms with Crippen molar-refractivity contribution >= 4 is 37.9 Å². The van der Waals surface area contributed by atoms with Gasteiger partial charge in [0.25, 0.3) is 0 Å². The SMILES string of the molecule is O=C(O)N1CC(NS(=O)(=O)c2ccc(OC(F)(F)F)cc2)C(O)C(n2c3ccccc3c3ccccc32)C1. The van der Waals surface area contributed by atoms with E-state index in [9.17, 15) is 36.6 Å². The van der Waals surface area contributed by atoms with Gasteiger partial charge in [-0.25, -0.2) is 17.9 Å². The fourth-order valence-electron chi connectivity index (χ4n) is 4.92. The third-order valence-corrected chi connectivity index (χ3v) is 8.03. The summed E-state index contributed by atoms with van der Waals surface area (Å²) < 4.78 is 71.4. The first-order valence-corrected chi connectivity index (χ1v) is 12.9. The summed E-state index contributed by atoms with van der Waals surface area (Å²) in [5, 5.41) is 22.9. The van der Waals surface area contributed by atoms with Crippen molar-refractivity contribution < 1.29 is 41.3 Å². The number of hydrogen-bond acceptors (Lipinski definition) is 5. The zero-order valence-corrected chi connectivity index (χ0v) is 20.4. The average Bonchev–Trinajstić information content (AvgIpc) is 3.19. The van der Waals surface area contributed by atoms with Crippen LogP contribution < -0.4 is 9.46 Å². The number of sulfonamides is 1. The lowest BCUT2D eigenvalue weighted by molar-refractivity contribution is -0.274. The number of alkyl halides is 3. The van der Waals surface area contributed by atoms with Gasteiger partial charge in [0.2, 0.25) is 10.0 Å². The van der Waals surface area contributed by atoms with Crippen LogP contribution in [0.2, 0.25) is 0 Å². The summed E-state index contributed by atoms with van der Waals surface area (Å²) in [5.74, 6) is -0.599. The number of carboxylic acid groups (broad SMARTS) is 1. The number of nitrogens with one attached hydrogen (secondary N) is 1. The second-order valence-corrected chi connectivity index (χ2v) is 10.6. The Balaban J connectivity index is 1.50. The first-order chi connectivity index (χ1) is 17.9. The molecular weight excluding hydrogens is 527 g/mol. The molecule has 3 atom stereocenters. The highest BCUT2D eigenvalue weighted by Gasteiger charge is 2.41. The molecule has 3 unspecified atom stereocenters. The number of aromatic nitrogens is 1. The number of likely N-dealkylation sites (tertiary alicyclic amines) is 1. The molecule has 3 aromatic carbocycles. The van der Waals surface area contributed by atoms with Crippen LogP contribution in [0.25, 0.3) is 21.8 Å². The Labute approximate surface area is 214 Å². The maximum Gasteiger partial charge on any atom is 0.573 e. The van der Waals surface area contributed by atoms with Gasteiger partial charge in [0.15, 0.2) is 0 Å². The molecule has 5 rings (SSSR count). The Morgan fingerprint density at radius 3 is 2.00 bits per heavy atom. The standard InChI is InChI=1S/C25H22F3N3O6S/c26-25(27,28)37-15-9-11-16(12-10-15)38(35,36)29-19-13-30(24(33)34)14-22(23(19)32)31-20-7-3-1-5-17(20)18-6-2-4-8-21(18)31/h1-12,19,22-23,29,32H,13-14H2,(H,33,34). The van der Waals surface area contributed by atoms with Gasteiger partial charge in [0, 0.05) is 34.9 Å². The molecule has 0 spiro atoms. The topological polar surface area (TPSA) is 121 Å². The van der Waals surface area contributed by atoms with E-state index >= 15 is 0 Å². The van der Waals surface area contributed by atoms with Gasteiger partial charge in [-0.1, -0.05) is 36.4 Å². The number of carbonyl (C=O) groups is 1. The predicted molar refractivity (Wildman–Crippen MR) is 131 cm³/mol. The maximum atomic E-state index is 13.1. The molecule has 0 radical (unpaired) electrons. The number of nitrogens with zero attached hydrogens (tertiary/aromatic N) is 2. The molecule has 0 saturated carbocycles. The Hall–Kier alpha value is -3.81. The summed E-state index contributed by atoms with van der Waals surface area (Å²) >= 11 is 0. The smallest absolute Gasteiger partial charge is 0.465 e. The zero-order chi connectivity index (χ0) is 27.2. The van der Waals surface area contributed by atoms with Crippen molar-refractivity contribution in [2.75, 3.05) is 13.1 Å². The monoisotopic (exact) mass is 549 g/mol. The van der Waals surface area contributed by atoms with Gasteiger partial charge in [-0.05, 0) is 36.4 Å². The van der Waals surface area contributed by atoms with Crippen molar-refractivity contribution in [3.8, 4) is 5.75 Å². The second kappa shape index (κ2) is 9.49. The summed E-state index contributed by atoms with van der Waals surface area (Å²) in [6.45, 7) is -0.431. The third kappa shape index (κ3) is 4.87. The molecular formula is C25H22F3N3O6S. The van der Waals surface area contributed by atoms with Crippen molar-refractivity contribution in [1.29, 1.82) is 0 Å². The van der Waals surface area contributed by atoms with Crippen molar-refractivity contribution in [2.24, 2.45) is 0 Å². The van der Waals surface area contributed by atoms with Crippen LogP contribution in [-0.2, 0) is 10.0 Å². The summed E-state index contributed by atoms with van der Waals surface area (Å²) in [6.07, 6.45) is -7.57. The van der Waals surface area contributed by atoms with Gasteiger partial charge in [-0.3, -0.25) is 0 Å². The lowest BCUT2D eigenvalue weighted by Crippen LogP contribution is -2.60. The Morgan fingerprint density at radius 1 is 0.921 bits per heavy atom. The van der Waals surface area contributed by atoms with Gasteiger partial charge in [-0.15, -0.1) is 13.2 Å². The van der Waals surface area contributed by atoms with Crippen LogP contribution in [0.4, 0.5) is 18.0 Å². The summed E-state index contributed by atoms with van der Waals surface area (Å²) in [4.78, 5) is 12.6. The minimum atomic E-state index is -4.94. The molecule has 1 aromatic heterocycles. The maximum absolute atomic E-state index is 13.1. The molecule has 1 fully saturated rings. The third-order valence-electron chi connectivity index (χ3n) is 6.52. The lowest BCUT2D eigenvalue weighted by Gasteiger charge is -2.41. The van der Waals surface area contributed by atoms with Gasteiger partial charge < -0.3 is 24.4 Å². The van der Waals surface area contributed by atoms with Crippen LogP contribution in [0.3, 0.4) is 0 Å². The quantitative estimate of drug-likeness (QED) is 0.347. The van der Waals surface area contributed by atoms with Gasteiger partial charge in [-0.2, -0.15) is 0 Å². The van der Waals surface area contributed by atoms with Crippen molar-refractivity contribution in [2.45, 2.75) is 29.4 Å². The van der Waals surface area contributed by atoms with E-state index in [-0.39, 0.29) is 18.0 Å². The number of para-hydroxylation sites is 2. The highest BCUT2D eigenvalue weighted by Crippen LogP contribution is 2.35. The van der Waals surface area contributed by atoms with Gasteiger partial charge >= 0.3 is 12.5 Å². The van der Waals surface area contributed by atoms with E-state index in [0.29, 0.717) is 0 Å². The molecule has 0 bridgehead atoms. The minimum Gasteiger partial charge on any atom is -0.465 e. The fourth-order valence-corrected chi connectivity index (χ4v) is 6.16. The van der Waals surface area contributed by atoms with E-state index in [1.165, 1.54) is 0 Å². The highest BCUT2D eigenvalue weighted by atomic mass is 32.2. The van der Waals surface area contributed by atoms with Gasteiger partial charge in [0.1, 0.15) is 5.75 Å². The number of ether oxygens (including phenoxy) is 1. The number of fused-ring (bicyclic) bond motifs is 3. The van der Waals surface area contributed by atoms with Gasteiger partial charge in [0.05, 0.1) is 23.1 Å². The zero-order valence-electron chi connectivity index (χ0n) is 19.5. The number of hydrogen-bond donors (Lipinski definition) is 3. The molecule has 1 amide bonds. The number of benzene rings is 3. The lowest BCUT2D eigenvalue weighted by atomic mass is 9.97. The van der Waals surface area contributed by atoms with E-state index < -0.39 is 46.4 Å². The molecule has 200 valence electrons. The minimum absolute atomic E-state index is 0.0964. The predicted octanol–water partition coefficient (Wildman–Crippen LogP) is 3.94. The molecule has 2 heterocycles. The van der Waals surface area contributed by atoms with Crippen LogP contribution in [0.1, 0.15) is 6.04 Å². The van der Waals surface area contributed by atoms with Crippen LogP contribution in [0.5, 0.6) is 5.75 Å². The summed E-state index contributed by atoms with van der Waals surface area (Å²) in [5.41, 5.74) is 1.48. The van der Waals surface area contributed by atoms with Crippen molar-refractivity contribution in [3.63, 3.8) is 0 Å². The first kappa shape index (κ1) is 25.8. The van der Waals surface area contributed by atoms with E-state index in [1.807, 2.05) is 53.1 Å². The number of halogens is 3. The number of amides is 1. The largest absolute Gasteiger partial charge is 0.573 e. The van der Waals surface area contributed by atoms with Crippen LogP contribution in [0, 0.1) is 0 Å². The first-order valence-electron chi connectivity index (χ1n) is 11.5. The van der Waals surface area contributed by atoms with Crippen molar-refractivity contribution in [1.82, 2.24) is 14.2 Å². The van der Waals surface area contributed by atoms with Crippen molar-refractivity contribution in [3.05, 3.63) is 72.8 Å². The Morgan fingerprint density at radius 2 is 1.47 bits per heavy atom. The molecule has 9 nitrogen and oxygen atoms in total. The van der Waals surface area contributed by atoms with E-state index in [1.54, 1.807) is 0 Å². The molecule has 13 heteroatoms. The molecule has 0 aliphatic carbocycles. The Kier molecular flexibility index (Phi) is 6.45. The van der Waals surface area contributed by atoms with Crippen LogP contribution >= 0.6 is 0 Å². The number of piperidine rings is 1. The van der Waals surface area contributed by atoms with E-state index in [2.05, 4.69) is 9.46 Å². The van der Waals surface area contributed by atoms with Crippen LogP contribution in [0.15, 0.2) is 77.7 Å². The summed E-state index contributed by atoms with van der Waals surface area (Å²) in [6, 6.07) is 16.3. The molecule has 1 aliphatic rings. The Bertz CT molecular complexity index is 1550. The molecule has 1 saturated heterocycles.